The van der Waals surface area contributed by atoms with Crippen LogP contribution in [-0.2, 0) is 25.6 Å². The van der Waals surface area contributed by atoms with Gasteiger partial charge in [0.2, 0.25) is 17.7 Å². The summed E-state index contributed by atoms with van der Waals surface area (Å²) in [5.41, 5.74) is 6.70. The molecule has 4 atom stereocenters. The number of aliphatic hydroxyl groups excluding tert-OH is 2. The molecule has 1 aromatic heterocycles. The number of nitrogens with two attached hydrogens (primary N) is 1. The number of hydrogen-bond acceptors (Lipinski definition) is 7. The number of carbonyl (C=O) groups is 4. The van der Waals surface area contributed by atoms with Crippen molar-refractivity contribution in [2.75, 3.05) is 13.2 Å². The smallest absolute Gasteiger partial charge is 0.328 e. The van der Waals surface area contributed by atoms with Gasteiger partial charge in [0.1, 0.15) is 18.1 Å². The van der Waals surface area contributed by atoms with Crippen LogP contribution < -0.4 is 21.7 Å². The third kappa shape index (κ3) is 6.26. The number of carboxylic acids is 1. The number of amides is 3. The monoisotopic (exact) mass is 449 g/mol. The van der Waals surface area contributed by atoms with Crippen LogP contribution in [0.5, 0.6) is 0 Å². The van der Waals surface area contributed by atoms with Gasteiger partial charge in [-0.25, -0.2) is 4.79 Å². The predicted molar refractivity (Wildman–Crippen MR) is 113 cm³/mol. The maximum atomic E-state index is 12.8. The van der Waals surface area contributed by atoms with Crippen LogP contribution in [0.3, 0.4) is 0 Å². The number of H-pyrrole nitrogens is 1. The van der Waals surface area contributed by atoms with Gasteiger partial charge in [-0.05, 0) is 18.6 Å². The number of hydrogen-bond donors (Lipinski definition) is 8. The van der Waals surface area contributed by atoms with Gasteiger partial charge in [-0.3, -0.25) is 14.4 Å². The van der Waals surface area contributed by atoms with Crippen LogP contribution in [0.25, 0.3) is 10.9 Å². The number of aromatic amines is 1. The summed E-state index contributed by atoms with van der Waals surface area (Å²) in [5.74, 6) is -3.86. The molecule has 12 heteroatoms. The summed E-state index contributed by atoms with van der Waals surface area (Å²) < 4.78 is 0. The summed E-state index contributed by atoms with van der Waals surface area (Å²) in [6.45, 7) is 0.0201. The number of aromatic nitrogens is 1. The normalized spacial score (nSPS) is 14.8. The maximum absolute atomic E-state index is 12.8. The minimum absolute atomic E-state index is 0.0310. The summed E-state index contributed by atoms with van der Waals surface area (Å²) in [5, 5.41) is 35.9. The number of carbonyl (C=O) groups excluding carboxylic acids is 3. The van der Waals surface area contributed by atoms with Gasteiger partial charge < -0.3 is 42.0 Å². The fourth-order valence-electron chi connectivity index (χ4n) is 3.09. The van der Waals surface area contributed by atoms with E-state index in [9.17, 15) is 29.4 Å². The van der Waals surface area contributed by atoms with E-state index in [0.717, 1.165) is 10.9 Å². The Morgan fingerprint density at radius 3 is 2.31 bits per heavy atom. The Labute approximate surface area is 183 Å². The van der Waals surface area contributed by atoms with Crippen molar-refractivity contribution >= 4 is 34.6 Å². The van der Waals surface area contributed by atoms with Crippen LogP contribution in [0, 0.1) is 0 Å². The lowest BCUT2D eigenvalue weighted by Gasteiger charge is -2.25. The van der Waals surface area contributed by atoms with E-state index in [1.165, 1.54) is 6.92 Å². The van der Waals surface area contributed by atoms with Gasteiger partial charge in [0.15, 0.2) is 0 Å². The Morgan fingerprint density at radius 2 is 1.72 bits per heavy atom. The average molecular weight is 449 g/mol. The summed E-state index contributed by atoms with van der Waals surface area (Å²) >= 11 is 0. The van der Waals surface area contributed by atoms with Gasteiger partial charge in [0.25, 0.3) is 0 Å². The van der Waals surface area contributed by atoms with Crippen molar-refractivity contribution in [3.8, 4) is 0 Å². The standard InChI is InChI=1S/C20H27N5O7/c1-10(27)17(25-16(28)7-21)19(30)23-14(18(29)24-15(9-26)20(31)32)6-11-8-22-13-5-3-2-4-12(11)13/h2-5,8,10,14-15,17,22,26-27H,6-7,9,21H2,1H3,(H,23,30)(H,24,29)(H,25,28)(H,31,32). The second-order valence-corrected chi connectivity index (χ2v) is 7.20. The molecule has 0 aliphatic carbocycles. The molecule has 0 radical (unpaired) electrons. The number of benzene rings is 1. The number of carboxylic acid groups (broad SMARTS) is 1. The van der Waals surface area contributed by atoms with Crippen LogP contribution >= 0.6 is 0 Å². The summed E-state index contributed by atoms with van der Waals surface area (Å²) in [7, 11) is 0. The molecule has 12 nitrogen and oxygen atoms in total. The number of rotatable bonds is 11. The Morgan fingerprint density at radius 1 is 1.06 bits per heavy atom. The lowest BCUT2D eigenvalue weighted by molar-refractivity contribution is -0.143. The van der Waals surface area contributed by atoms with Crippen molar-refractivity contribution in [2.45, 2.75) is 37.6 Å². The van der Waals surface area contributed by atoms with E-state index >= 15 is 0 Å². The highest BCUT2D eigenvalue weighted by atomic mass is 16.4. The average Bonchev–Trinajstić information content (AvgIpc) is 3.17. The van der Waals surface area contributed by atoms with E-state index in [1.54, 1.807) is 12.3 Å². The van der Waals surface area contributed by atoms with E-state index < -0.39 is 61.1 Å². The molecule has 4 unspecified atom stereocenters. The highest BCUT2D eigenvalue weighted by Gasteiger charge is 2.31. The van der Waals surface area contributed by atoms with Crippen LogP contribution in [0.15, 0.2) is 30.5 Å². The lowest BCUT2D eigenvalue weighted by Crippen LogP contribution is -2.59. The van der Waals surface area contributed by atoms with Crippen LogP contribution in [0.1, 0.15) is 12.5 Å². The zero-order valence-electron chi connectivity index (χ0n) is 17.4. The predicted octanol–water partition coefficient (Wildman–Crippen LogP) is -2.42. The third-order valence-electron chi connectivity index (χ3n) is 4.80. The topological polar surface area (TPSA) is 207 Å². The zero-order chi connectivity index (χ0) is 23.8. The fourth-order valence-corrected chi connectivity index (χ4v) is 3.09. The first-order valence-electron chi connectivity index (χ1n) is 9.84. The Balaban J connectivity index is 2.30. The SMILES string of the molecule is CC(O)C(NC(=O)CN)C(=O)NC(Cc1c[nH]c2ccccc12)C(=O)NC(CO)C(=O)O. The molecule has 0 saturated heterocycles. The van der Waals surface area contributed by atoms with Gasteiger partial charge in [0, 0.05) is 23.5 Å². The molecule has 1 aromatic carbocycles. The van der Waals surface area contributed by atoms with Gasteiger partial charge in [-0.15, -0.1) is 0 Å². The molecule has 0 aliphatic rings. The highest BCUT2D eigenvalue weighted by molar-refractivity contribution is 5.94. The van der Waals surface area contributed by atoms with E-state index in [2.05, 4.69) is 20.9 Å². The summed E-state index contributed by atoms with van der Waals surface area (Å²) in [6.07, 6.45) is 0.322. The van der Waals surface area contributed by atoms with Crippen LogP contribution in [-0.4, -0.2) is 81.4 Å². The van der Waals surface area contributed by atoms with Crippen LogP contribution in [0.2, 0.25) is 0 Å². The fraction of sp³-hybridized carbons (Fsp3) is 0.400. The molecule has 174 valence electrons. The number of aliphatic hydroxyl groups is 2. The van der Waals surface area contributed by atoms with Gasteiger partial charge in [0.05, 0.1) is 19.3 Å². The van der Waals surface area contributed by atoms with E-state index in [1.807, 2.05) is 18.2 Å². The van der Waals surface area contributed by atoms with Gasteiger partial charge in [-0.1, -0.05) is 18.2 Å². The molecule has 32 heavy (non-hydrogen) atoms. The van der Waals surface area contributed by atoms with Crippen molar-refractivity contribution < 1.29 is 34.5 Å². The van der Waals surface area contributed by atoms with Crippen LogP contribution in [0.4, 0.5) is 0 Å². The summed E-state index contributed by atoms with van der Waals surface area (Å²) in [6, 6.07) is 3.01. The third-order valence-corrected chi connectivity index (χ3v) is 4.80. The van der Waals surface area contributed by atoms with E-state index in [0.29, 0.717) is 5.56 Å². The second-order valence-electron chi connectivity index (χ2n) is 7.20. The van der Waals surface area contributed by atoms with Crippen molar-refractivity contribution in [1.29, 1.82) is 0 Å². The van der Waals surface area contributed by atoms with E-state index in [-0.39, 0.29) is 6.42 Å². The zero-order valence-corrected chi connectivity index (χ0v) is 17.4. The molecule has 3 amide bonds. The Hall–Kier alpha value is -3.48. The minimum Gasteiger partial charge on any atom is -0.480 e. The van der Waals surface area contributed by atoms with Crippen molar-refractivity contribution in [1.82, 2.24) is 20.9 Å². The lowest BCUT2D eigenvalue weighted by atomic mass is 10.0. The Bertz CT molecular complexity index is 974. The highest BCUT2D eigenvalue weighted by Crippen LogP contribution is 2.19. The van der Waals surface area contributed by atoms with Crippen molar-refractivity contribution in [3.63, 3.8) is 0 Å². The Kier molecular flexibility index (Phi) is 8.70. The first kappa shape index (κ1) is 24.8. The number of nitrogens with one attached hydrogen (secondary N) is 4. The first-order chi connectivity index (χ1) is 15.2. The molecular formula is C20H27N5O7. The molecule has 0 bridgehead atoms. The molecule has 0 spiro atoms. The molecule has 0 aliphatic heterocycles. The molecule has 0 saturated carbocycles. The van der Waals surface area contributed by atoms with Gasteiger partial charge in [-0.2, -0.15) is 0 Å². The molecule has 2 rings (SSSR count). The quantitative estimate of drug-likeness (QED) is 0.185. The number of fused-ring (bicyclic) bond motifs is 1. The number of para-hydroxylation sites is 1. The second kappa shape index (κ2) is 11.2. The maximum Gasteiger partial charge on any atom is 0.328 e. The number of aliphatic carboxylic acids is 1. The summed E-state index contributed by atoms with van der Waals surface area (Å²) in [4.78, 5) is 51.4. The van der Waals surface area contributed by atoms with Crippen molar-refractivity contribution in [3.05, 3.63) is 36.0 Å². The van der Waals surface area contributed by atoms with Crippen molar-refractivity contribution in [2.24, 2.45) is 5.73 Å². The molecular weight excluding hydrogens is 422 g/mol. The van der Waals surface area contributed by atoms with E-state index in [4.69, 9.17) is 10.8 Å². The first-order valence-corrected chi connectivity index (χ1v) is 9.84. The van der Waals surface area contributed by atoms with Gasteiger partial charge >= 0.3 is 5.97 Å². The largest absolute Gasteiger partial charge is 0.480 e. The molecule has 9 N–H and O–H groups in total. The molecule has 1 heterocycles. The minimum atomic E-state index is -1.57. The molecule has 2 aromatic rings. The molecule has 0 fully saturated rings.